The van der Waals surface area contributed by atoms with Crippen LogP contribution < -0.4 is 11.3 Å². The Labute approximate surface area is 58.8 Å². The predicted molar refractivity (Wildman–Crippen MR) is 39.1 cm³/mol. The van der Waals surface area contributed by atoms with Crippen LogP contribution in [0.4, 0.5) is 10.1 Å². The second-order valence-corrected chi connectivity index (χ2v) is 1.97. The van der Waals surface area contributed by atoms with Gasteiger partial charge in [-0.15, -0.1) is 0 Å². The molecule has 54 valence electrons. The molecule has 0 fully saturated rings. The summed E-state index contributed by atoms with van der Waals surface area (Å²) >= 11 is 0. The number of hydrogen-bond acceptors (Lipinski definition) is 2. The summed E-state index contributed by atoms with van der Waals surface area (Å²) in [4.78, 5) is 0. The second-order valence-electron chi connectivity index (χ2n) is 1.97. The summed E-state index contributed by atoms with van der Waals surface area (Å²) in [6, 6.07) is 6.84. The van der Waals surface area contributed by atoms with Crippen molar-refractivity contribution in [2.75, 3.05) is 5.43 Å². The first-order chi connectivity index (χ1) is 4.86. The lowest BCUT2D eigenvalue weighted by Gasteiger charge is -1.98. The maximum atomic E-state index is 11.9. The highest BCUT2D eigenvalue weighted by molar-refractivity contribution is 5.42. The topological polar surface area (TPSA) is 38.0 Å². The Morgan fingerprint density at radius 1 is 1.30 bits per heavy atom. The highest BCUT2D eigenvalue weighted by atomic mass is 19.1. The lowest BCUT2D eigenvalue weighted by molar-refractivity contribution is 0.485. The number of benzene rings is 1. The Morgan fingerprint density at radius 2 is 1.90 bits per heavy atom. The molecule has 0 atom stereocenters. The minimum atomic E-state index is -0.426. The molecule has 0 saturated carbocycles. The van der Waals surface area contributed by atoms with Gasteiger partial charge in [0.15, 0.2) is 0 Å². The van der Waals surface area contributed by atoms with Crippen molar-refractivity contribution >= 4 is 5.69 Å². The number of rotatable bonds is 2. The molecular weight excluding hydrogens is 131 g/mol. The van der Waals surface area contributed by atoms with Gasteiger partial charge in [0.2, 0.25) is 0 Å². The van der Waals surface area contributed by atoms with E-state index in [9.17, 15) is 4.39 Å². The molecule has 0 aliphatic rings. The summed E-state index contributed by atoms with van der Waals surface area (Å²) in [7, 11) is 0. The number of nitrogen functional groups attached to an aromatic ring is 1. The fraction of sp³-hybridized carbons (Fsp3) is 0.143. The molecule has 1 rings (SSSR count). The van der Waals surface area contributed by atoms with E-state index in [1.165, 1.54) is 0 Å². The number of nitrogens with two attached hydrogens (primary N) is 1. The van der Waals surface area contributed by atoms with Gasteiger partial charge in [-0.2, -0.15) is 0 Å². The first-order valence-electron chi connectivity index (χ1n) is 2.98. The average Bonchev–Trinajstić information content (AvgIpc) is 2.05. The number of anilines is 1. The van der Waals surface area contributed by atoms with Gasteiger partial charge in [-0.1, -0.05) is 12.1 Å². The van der Waals surface area contributed by atoms with Gasteiger partial charge in [-0.25, -0.2) is 4.39 Å². The quantitative estimate of drug-likeness (QED) is 0.482. The Kier molecular flexibility index (Phi) is 2.23. The van der Waals surface area contributed by atoms with Crippen LogP contribution in [0.5, 0.6) is 0 Å². The van der Waals surface area contributed by atoms with Gasteiger partial charge in [-0.3, -0.25) is 5.84 Å². The monoisotopic (exact) mass is 140 g/mol. The van der Waals surface area contributed by atoms with Crippen LogP contribution in [0.25, 0.3) is 0 Å². The van der Waals surface area contributed by atoms with Gasteiger partial charge in [0.05, 0.1) is 0 Å². The number of hydrogen-bond donors (Lipinski definition) is 2. The number of nitrogens with one attached hydrogen (secondary N) is 1. The van der Waals surface area contributed by atoms with Gasteiger partial charge in [0, 0.05) is 5.69 Å². The smallest absolute Gasteiger partial charge is 0.115 e. The second kappa shape index (κ2) is 3.17. The van der Waals surface area contributed by atoms with E-state index in [0.29, 0.717) is 5.56 Å². The first kappa shape index (κ1) is 7.02. The van der Waals surface area contributed by atoms with Crippen LogP contribution in [-0.4, -0.2) is 0 Å². The Bertz CT molecular complexity index is 172. The van der Waals surface area contributed by atoms with Crippen LogP contribution in [0, 0.1) is 0 Å². The number of alkyl halides is 1. The van der Waals surface area contributed by atoms with E-state index in [-0.39, 0.29) is 0 Å². The summed E-state index contributed by atoms with van der Waals surface area (Å²) < 4.78 is 11.9. The van der Waals surface area contributed by atoms with Crippen molar-refractivity contribution in [2.24, 2.45) is 5.84 Å². The van der Waals surface area contributed by atoms with Crippen molar-refractivity contribution in [1.29, 1.82) is 0 Å². The minimum Gasteiger partial charge on any atom is -0.324 e. The van der Waals surface area contributed by atoms with Crippen LogP contribution in [0.15, 0.2) is 24.3 Å². The van der Waals surface area contributed by atoms with E-state index >= 15 is 0 Å². The zero-order chi connectivity index (χ0) is 7.40. The first-order valence-corrected chi connectivity index (χ1v) is 2.98. The summed E-state index contributed by atoms with van der Waals surface area (Å²) in [6.45, 7) is -0.426. The van der Waals surface area contributed by atoms with Crippen molar-refractivity contribution in [1.82, 2.24) is 0 Å². The van der Waals surface area contributed by atoms with Crippen molar-refractivity contribution in [3.8, 4) is 0 Å². The van der Waals surface area contributed by atoms with E-state index in [2.05, 4.69) is 5.43 Å². The molecule has 0 aliphatic carbocycles. The largest absolute Gasteiger partial charge is 0.324 e. The zero-order valence-corrected chi connectivity index (χ0v) is 5.47. The molecule has 0 unspecified atom stereocenters. The van der Waals surface area contributed by atoms with E-state index in [1.54, 1.807) is 24.3 Å². The van der Waals surface area contributed by atoms with Gasteiger partial charge in [-0.05, 0) is 17.7 Å². The highest BCUT2D eigenvalue weighted by Gasteiger charge is 1.89. The molecule has 10 heavy (non-hydrogen) atoms. The Morgan fingerprint density at radius 3 is 2.30 bits per heavy atom. The van der Waals surface area contributed by atoms with Crippen LogP contribution >= 0.6 is 0 Å². The summed E-state index contributed by atoms with van der Waals surface area (Å²) in [5.41, 5.74) is 3.91. The Hall–Kier alpha value is -1.09. The lowest BCUT2D eigenvalue weighted by atomic mass is 10.2. The SMILES string of the molecule is NNc1ccc(CF)cc1. The number of hydrazine groups is 1. The molecular formula is C7H9FN2. The highest BCUT2D eigenvalue weighted by Crippen LogP contribution is 2.08. The van der Waals surface area contributed by atoms with Crippen LogP contribution in [0.2, 0.25) is 0 Å². The standard InChI is InChI=1S/C7H9FN2/c8-5-6-1-3-7(10-9)4-2-6/h1-4,10H,5,9H2. The van der Waals surface area contributed by atoms with Crippen molar-refractivity contribution in [3.63, 3.8) is 0 Å². The molecule has 0 bridgehead atoms. The molecule has 0 aliphatic heterocycles. The third-order valence-corrected chi connectivity index (χ3v) is 1.27. The lowest BCUT2D eigenvalue weighted by Crippen LogP contribution is -2.06. The van der Waals surface area contributed by atoms with Crippen molar-refractivity contribution < 1.29 is 4.39 Å². The minimum absolute atomic E-state index is 0.426. The van der Waals surface area contributed by atoms with Crippen LogP contribution in [0.1, 0.15) is 5.56 Å². The summed E-state index contributed by atoms with van der Waals surface area (Å²) in [6.07, 6.45) is 0. The average molecular weight is 140 g/mol. The van der Waals surface area contributed by atoms with E-state index in [1.807, 2.05) is 0 Å². The third-order valence-electron chi connectivity index (χ3n) is 1.27. The van der Waals surface area contributed by atoms with Crippen molar-refractivity contribution in [2.45, 2.75) is 6.67 Å². The predicted octanol–water partition coefficient (Wildman–Crippen LogP) is 1.44. The number of halogens is 1. The van der Waals surface area contributed by atoms with Gasteiger partial charge < -0.3 is 5.43 Å². The summed E-state index contributed by atoms with van der Waals surface area (Å²) in [5, 5.41) is 0. The maximum absolute atomic E-state index is 11.9. The van der Waals surface area contributed by atoms with Crippen LogP contribution in [-0.2, 0) is 6.67 Å². The zero-order valence-electron chi connectivity index (χ0n) is 5.47. The fourth-order valence-corrected chi connectivity index (χ4v) is 0.690. The fourth-order valence-electron chi connectivity index (χ4n) is 0.690. The molecule has 0 heterocycles. The molecule has 3 heteroatoms. The summed E-state index contributed by atoms with van der Waals surface area (Å²) in [5.74, 6) is 5.10. The normalized spacial score (nSPS) is 9.40. The third kappa shape index (κ3) is 1.45. The van der Waals surface area contributed by atoms with E-state index < -0.39 is 6.67 Å². The molecule has 0 amide bonds. The van der Waals surface area contributed by atoms with Crippen LogP contribution in [0.3, 0.4) is 0 Å². The molecule has 2 nitrogen and oxygen atoms in total. The molecule has 0 saturated heterocycles. The molecule has 0 aromatic heterocycles. The van der Waals surface area contributed by atoms with Gasteiger partial charge >= 0.3 is 0 Å². The molecule has 1 aromatic rings. The van der Waals surface area contributed by atoms with Crippen molar-refractivity contribution in [3.05, 3.63) is 29.8 Å². The molecule has 0 radical (unpaired) electrons. The maximum Gasteiger partial charge on any atom is 0.115 e. The van der Waals surface area contributed by atoms with E-state index in [0.717, 1.165) is 5.69 Å². The molecule has 3 N–H and O–H groups in total. The molecule has 0 spiro atoms. The van der Waals surface area contributed by atoms with Gasteiger partial charge in [0.1, 0.15) is 6.67 Å². The Balaban J connectivity index is 2.80. The molecule has 1 aromatic carbocycles. The van der Waals surface area contributed by atoms with Gasteiger partial charge in [0.25, 0.3) is 0 Å². The van der Waals surface area contributed by atoms with E-state index in [4.69, 9.17) is 5.84 Å².